The first-order chi connectivity index (χ1) is 6.85. The molecule has 1 aliphatic carbocycles. The van der Waals surface area contributed by atoms with Crippen LogP contribution in [0.4, 0.5) is 0 Å². The predicted octanol–water partition coefficient (Wildman–Crippen LogP) is 0.918. The van der Waals surface area contributed by atoms with Crippen LogP contribution in [-0.4, -0.2) is 37.5 Å². The Morgan fingerprint density at radius 1 is 1.29 bits per heavy atom. The topological polar surface area (TPSA) is 41.5 Å². The molecule has 0 bridgehead atoms. The van der Waals surface area contributed by atoms with Crippen LogP contribution in [-0.2, 0) is 4.74 Å². The summed E-state index contributed by atoms with van der Waals surface area (Å²) in [5, 5.41) is 12.8. The Labute approximate surface area is 85.8 Å². The summed E-state index contributed by atoms with van der Waals surface area (Å²) in [6.45, 7) is 3.16. The van der Waals surface area contributed by atoms with E-state index in [1.54, 1.807) is 0 Å². The maximum Gasteiger partial charge on any atom is 0.0499 e. The van der Waals surface area contributed by atoms with Gasteiger partial charge in [0.25, 0.3) is 0 Å². The van der Waals surface area contributed by atoms with Crippen molar-refractivity contribution in [2.75, 3.05) is 26.4 Å². The molecule has 0 spiro atoms. The highest BCUT2D eigenvalue weighted by molar-refractivity contribution is 4.95. The van der Waals surface area contributed by atoms with Gasteiger partial charge in [0.2, 0.25) is 0 Å². The van der Waals surface area contributed by atoms with Crippen LogP contribution in [0, 0.1) is 5.41 Å². The van der Waals surface area contributed by atoms with E-state index >= 15 is 0 Å². The third-order valence-corrected chi connectivity index (χ3v) is 3.51. The Morgan fingerprint density at radius 2 is 2.14 bits per heavy atom. The SMILES string of the molecule is OCC1(CNC2CCCOCC2)CC1. The fraction of sp³-hybridized carbons (Fsp3) is 1.00. The van der Waals surface area contributed by atoms with Crippen LogP contribution in [0.25, 0.3) is 0 Å². The number of ether oxygens (including phenoxy) is 1. The maximum atomic E-state index is 9.18. The molecular formula is C11H21NO2. The van der Waals surface area contributed by atoms with E-state index in [4.69, 9.17) is 4.74 Å². The van der Waals surface area contributed by atoms with E-state index in [0.717, 1.165) is 26.2 Å². The van der Waals surface area contributed by atoms with Crippen molar-refractivity contribution >= 4 is 0 Å². The van der Waals surface area contributed by atoms with Crippen molar-refractivity contribution in [3.63, 3.8) is 0 Å². The third-order valence-electron chi connectivity index (χ3n) is 3.51. The molecule has 1 saturated heterocycles. The molecule has 14 heavy (non-hydrogen) atoms. The molecule has 82 valence electrons. The lowest BCUT2D eigenvalue weighted by Gasteiger charge is -2.19. The first-order valence-corrected chi connectivity index (χ1v) is 5.77. The summed E-state index contributed by atoms with van der Waals surface area (Å²) in [7, 11) is 0. The molecule has 0 aromatic carbocycles. The molecule has 3 heteroatoms. The summed E-state index contributed by atoms with van der Waals surface area (Å²) >= 11 is 0. The van der Waals surface area contributed by atoms with Crippen molar-refractivity contribution in [2.45, 2.75) is 38.1 Å². The largest absolute Gasteiger partial charge is 0.396 e. The highest BCUT2D eigenvalue weighted by Gasteiger charge is 2.41. The summed E-state index contributed by atoms with van der Waals surface area (Å²) in [5.41, 5.74) is 0.243. The van der Waals surface area contributed by atoms with Crippen LogP contribution in [0.15, 0.2) is 0 Å². The zero-order valence-corrected chi connectivity index (χ0v) is 8.80. The molecule has 0 amide bonds. The summed E-state index contributed by atoms with van der Waals surface area (Å²) < 4.78 is 5.41. The van der Waals surface area contributed by atoms with E-state index in [2.05, 4.69) is 5.32 Å². The molecule has 0 radical (unpaired) electrons. The normalized spacial score (nSPS) is 31.1. The van der Waals surface area contributed by atoms with Gasteiger partial charge in [-0.1, -0.05) is 0 Å². The van der Waals surface area contributed by atoms with Crippen LogP contribution in [0.2, 0.25) is 0 Å². The zero-order chi connectivity index (χ0) is 9.86. The monoisotopic (exact) mass is 199 g/mol. The zero-order valence-electron chi connectivity index (χ0n) is 8.80. The van der Waals surface area contributed by atoms with Gasteiger partial charge in [-0.05, 0) is 32.1 Å². The predicted molar refractivity (Wildman–Crippen MR) is 55.2 cm³/mol. The molecule has 3 nitrogen and oxygen atoms in total. The second-order valence-electron chi connectivity index (χ2n) is 4.78. The van der Waals surface area contributed by atoms with Gasteiger partial charge in [-0.2, -0.15) is 0 Å². The summed E-state index contributed by atoms with van der Waals surface area (Å²) in [4.78, 5) is 0. The van der Waals surface area contributed by atoms with Gasteiger partial charge >= 0.3 is 0 Å². The van der Waals surface area contributed by atoms with Crippen molar-refractivity contribution < 1.29 is 9.84 Å². The molecule has 2 aliphatic rings. The highest BCUT2D eigenvalue weighted by Crippen LogP contribution is 2.44. The molecule has 1 aliphatic heterocycles. The fourth-order valence-electron chi connectivity index (χ4n) is 2.04. The van der Waals surface area contributed by atoms with Gasteiger partial charge < -0.3 is 15.2 Å². The molecule has 2 fully saturated rings. The van der Waals surface area contributed by atoms with Crippen molar-refractivity contribution in [1.82, 2.24) is 5.32 Å². The lowest BCUT2D eigenvalue weighted by atomic mass is 10.1. The average Bonchev–Trinajstić information content (AvgIpc) is 3.01. The lowest BCUT2D eigenvalue weighted by molar-refractivity contribution is 0.142. The molecule has 1 atom stereocenters. The third kappa shape index (κ3) is 2.69. The number of rotatable bonds is 4. The van der Waals surface area contributed by atoms with E-state index in [1.165, 1.54) is 25.7 Å². The first-order valence-electron chi connectivity index (χ1n) is 5.77. The minimum absolute atomic E-state index is 0.243. The Morgan fingerprint density at radius 3 is 2.86 bits per heavy atom. The Kier molecular flexibility index (Phi) is 3.42. The van der Waals surface area contributed by atoms with Crippen molar-refractivity contribution in [3.05, 3.63) is 0 Å². The summed E-state index contributed by atoms with van der Waals surface area (Å²) in [6, 6.07) is 0.613. The second-order valence-corrected chi connectivity index (χ2v) is 4.78. The number of aliphatic hydroxyl groups excluding tert-OH is 1. The van der Waals surface area contributed by atoms with Gasteiger partial charge in [0.05, 0.1) is 0 Å². The Bertz CT molecular complexity index is 172. The molecular weight excluding hydrogens is 178 g/mol. The van der Waals surface area contributed by atoms with Gasteiger partial charge in [-0.3, -0.25) is 0 Å². The number of hydrogen-bond donors (Lipinski definition) is 2. The van der Waals surface area contributed by atoms with Crippen LogP contribution in [0.1, 0.15) is 32.1 Å². The fourth-order valence-corrected chi connectivity index (χ4v) is 2.04. The average molecular weight is 199 g/mol. The van der Waals surface area contributed by atoms with Crippen LogP contribution < -0.4 is 5.32 Å². The maximum absolute atomic E-state index is 9.18. The smallest absolute Gasteiger partial charge is 0.0499 e. The Balaban J connectivity index is 1.68. The molecule has 0 aromatic heterocycles. The molecule has 2 rings (SSSR count). The van der Waals surface area contributed by atoms with E-state index in [-0.39, 0.29) is 5.41 Å². The van der Waals surface area contributed by atoms with Crippen molar-refractivity contribution in [1.29, 1.82) is 0 Å². The van der Waals surface area contributed by atoms with E-state index in [1.807, 2.05) is 0 Å². The van der Waals surface area contributed by atoms with Gasteiger partial charge in [0, 0.05) is 37.8 Å². The van der Waals surface area contributed by atoms with Gasteiger partial charge in [0.1, 0.15) is 0 Å². The molecule has 1 heterocycles. The van der Waals surface area contributed by atoms with Crippen LogP contribution >= 0.6 is 0 Å². The van der Waals surface area contributed by atoms with Crippen molar-refractivity contribution in [3.8, 4) is 0 Å². The van der Waals surface area contributed by atoms with Crippen LogP contribution in [0.5, 0.6) is 0 Å². The second kappa shape index (κ2) is 4.60. The minimum Gasteiger partial charge on any atom is -0.396 e. The minimum atomic E-state index is 0.243. The first kappa shape index (κ1) is 10.4. The molecule has 0 aromatic rings. The lowest BCUT2D eigenvalue weighted by Crippen LogP contribution is -2.35. The number of nitrogens with one attached hydrogen (secondary N) is 1. The highest BCUT2D eigenvalue weighted by atomic mass is 16.5. The van der Waals surface area contributed by atoms with E-state index in [9.17, 15) is 5.11 Å². The number of hydrogen-bond acceptors (Lipinski definition) is 3. The Hall–Kier alpha value is -0.120. The van der Waals surface area contributed by atoms with E-state index < -0.39 is 0 Å². The standard InChI is InChI=1S/C11H21NO2/c13-9-11(4-5-11)8-12-10-2-1-6-14-7-3-10/h10,12-13H,1-9H2. The number of aliphatic hydroxyl groups is 1. The van der Waals surface area contributed by atoms with Gasteiger partial charge in [0.15, 0.2) is 0 Å². The van der Waals surface area contributed by atoms with Crippen LogP contribution in [0.3, 0.4) is 0 Å². The van der Waals surface area contributed by atoms with Gasteiger partial charge in [-0.15, -0.1) is 0 Å². The van der Waals surface area contributed by atoms with E-state index in [0.29, 0.717) is 12.6 Å². The summed E-state index contributed by atoms with van der Waals surface area (Å²) in [5.74, 6) is 0. The molecule has 2 N–H and O–H groups in total. The van der Waals surface area contributed by atoms with Gasteiger partial charge in [-0.25, -0.2) is 0 Å². The molecule has 1 saturated carbocycles. The molecule has 1 unspecified atom stereocenters. The quantitative estimate of drug-likeness (QED) is 0.707. The summed E-state index contributed by atoms with van der Waals surface area (Å²) in [6.07, 6.45) is 5.91. The van der Waals surface area contributed by atoms with Crippen molar-refractivity contribution in [2.24, 2.45) is 5.41 Å².